The lowest BCUT2D eigenvalue weighted by atomic mass is 9.93. The van der Waals surface area contributed by atoms with E-state index in [9.17, 15) is 0 Å². The molecule has 4 heteroatoms. The predicted molar refractivity (Wildman–Crippen MR) is 106 cm³/mol. The van der Waals surface area contributed by atoms with Crippen LogP contribution in [0, 0.1) is 0 Å². The van der Waals surface area contributed by atoms with Crippen LogP contribution in [0.3, 0.4) is 0 Å². The van der Waals surface area contributed by atoms with Crippen LogP contribution in [-0.2, 0) is 13.6 Å². The van der Waals surface area contributed by atoms with Gasteiger partial charge < -0.3 is 5.32 Å². The summed E-state index contributed by atoms with van der Waals surface area (Å²) < 4.78 is 1.88. The average Bonchev–Trinajstić information content (AvgIpc) is 3.02. The second kappa shape index (κ2) is 9.21. The van der Waals surface area contributed by atoms with Crippen LogP contribution in [0.5, 0.6) is 0 Å². The largest absolute Gasteiger partial charge is 0.381 e. The van der Waals surface area contributed by atoms with Crippen molar-refractivity contribution >= 4 is 5.57 Å². The lowest BCUT2D eigenvalue weighted by Gasteiger charge is -2.22. The molecule has 1 aromatic heterocycles. The molecule has 0 spiro atoms. The van der Waals surface area contributed by atoms with Crippen LogP contribution in [-0.4, -0.2) is 15.0 Å². The van der Waals surface area contributed by atoms with Crippen molar-refractivity contribution in [3.8, 4) is 11.3 Å². The van der Waals surface area contributed by atoms with Crippen molar-refractivity contribution in [2.24, 2.45) is 7.05 Å². The van der Waals surface area contributed by atoms with Gasteiger partial charge in [-0.25, -0.2) is 4.68 Å². The van der Waals surface area contributed by atoms with Crippen LogP contribution in [0.4, 0.5) is 0 Å². The maximum absolute atomic E-state index is 4.41. The van der Waals surface area contributed by atoms with Gasteiger partial charge in [0.1, 0.15) is 5.69 Å². The number of fused-ring (bicyclic) bond motifs is 5. The van der Waals surface area contributed by atoms with Crippen molar-refractivity contribution in [2.75, 3.05) is 0 Å². The van der Waals surface area contributed by atoms with E-state index in [1.807, 2.05) is 25.6 Å². The molecule has 0 atom stereocenters. The van der Waals surface area contributed by atoms with E-state index < -0.39 is 0 Å². The van der Waals surface area contributed by atoms with E-state index in [4.69, 9.17) is 0 Å². The average molecular weight is 338 g/mol. The monoisotopic (exact) mass is 338 g/mol. The van der Waals surface area contributed by atoms with Gasteiger partial charge in [-0.3, -0.25) is 0 Å². The van der Waals surface area contributed by atoms with Gasteiger partial charge in [0, 0.05) is 30.4 Å². The summed E-state index contributed by atoms with van der Waals surface area (Å²) in [4.78, 5) is 0. The molecule has 4 nitrogen and oxygen atoms in total. The number of rotatable bonds is 0. The van der Waals surface area contributed by atoms with E-state index in [-0.39, 0.29) is 0 Å². The molecule has 0 saturated heterocycles. The van der Waals surface area contributed by atoms with Crippen LogP contribution in [0.15, 0.2) is 42.1 Å². The van der Waals surface area contributed by atoms with Gasteiger partial charge in [0.15, 0.2) is 0 Å². The Kier molecular flexibility index (Phi) is 6.99. The molecule has 2 heterocycles. The van der Waals surface area contributed by atoms with Crippen molar-refractivity contribution in [3.63, 3.8) is 0 Å². The Labute approximate surface area is 151 Å². The zero-order valence-electron chi connectivity index (χ0n) is 16.1. The van der Waals surface area contributed by atoms with Gasteiger partial charge in [0.05, 0.1) is 5.69 Å². The topological polar surface area (TPSA) is 42.7 Å². The number of aryl methyl sites for hydroxylation is 1. The van der Waals surface area contributed by atoms with Gasteiger partial charge >= 0.3 is 0 Å². The number of hydrogen-bond acceptors (Lipinski definition) is 3. The van der Waals surface area contributed by atoms with Gasteiger partial charge in [0.2, 0.25) is 0 Å². The van der Waals surface area contributed by atoms with E-state index in [1.54, 1.807) is 0 Å². The highest BCUT2D eigenvalue weighted by atomic mass is 15.4. The summed E-state index contributed by atoms with van der Waals surface area (Å²) in [6.07, 6.45) is 7.94. The number of allylic oxidation sites excluding steroid dienone is 3. The van der Waals surface area contributed by atoms with Gasteiger partial charge in [-0.05, 0) is 18.4 Å². The van der Waals surface area contributed by atoms with Gasteiger partial charge in [-0.2, -0.15) is 0 Å². The fourth-order valence-electron chi connectivity index (χ4n) is 3.00. The maximum Gasteiger partial charge on any atom is 0.122 e. The first kappa shape index (κ1) is 19.0. The van der Waals surface area contributed by atoms with E-state index in [0.717, 1.165) is 30.8 Å². The Balaban J connectivity index is 0.000000410. The third-order valence-electron chi connectivity index (χ3n) is 3.98. The van der Waals surface area contributed by atoms with Gasteiger partial charge in [-0.15, -0.1) is 5.10 Å². The van der Waals surface area contributed by atoms with Crippen molar-refractivity contribution < 1.29 is 0 Å². The quantitative estimate of drug-likeness (QED) is 0.727. The summed E-state index contributed by atoms with van der Waals surface area (Å²) >= 11 is 0. The molecule has 1 aromatic carbocycles. The molecule has 1 aliphatic heterocycles. The van der Waals surface area contributed by atoms with Crippen LogP contribution >= 0.6 is 0 Å². The molecule has 134 valence electrons. The molecule has 1 N–H and O–H groups in total. The minimum absolute atomic E-state index is 0.837. The number of nitrogens with zero attached hydrogens (tertiary/aromatic N) is 3. The lowest BCUT2D eigenvalue weighted by molar-refractivity contribution is 0.719. The highest BCUT2D eigenvalue weighted by molar-refractivity contribution is 5.86. The molecule has 0 amide bonds. The van der Waals surface area contributed by atoms with Crippen molar-refractivity contribution in [1.82, 2.24) is 20.3 Å². The summed E-state index contributed by atoms with van der Waals surface area (Å²) in [5.41, 5.74) is 6.97. The van der Waals surface area contributed by atoms with Crippen LogP contribution in [0.1, 0.15) is 58.2 Å². The maximum atomic E-state index is 4.41. The second-order valence-corrected chi connectivity index (χ2v) is 5.94. The number of hydrogen-bond donors (Lipinski definition) is 1. The standard InChI is InChI=1S/C16H16N4.C3H8.C2H6/c1-20-16-12-7-3-2-6-11(12)10-17-14-9-5-4-8-13(14)15(16)18-19-20;1-3-2;1-2/h2-3,6-9,17H,4-5,10H2,1H3;3H2,1-2H3;1-2H3. The highest BCUT2D eigenvalue weighted by Gasteiger charge is 2.24. The third kappa shape index (κ3) is 4.01. The first-order chi connectivity index (χ1) is 12.3. The molecular formula is C21H30N4. The van der Waals surface area contributed by atoms with Crippen molar-refractivity contribution in [2.45, 2.75) is 53.5 Å². The molecule has 2 aromatic rings. The summed E-state index contributed by atoms with van der Waals surface area (Å²) in [6.45, 7) is 9.09. The lowest BCUT2D eigenvalue weighted by Crippen LogP contribution is -2.19. The minimum Gasteiger partial charge on any atom is -0.381 e. The molecular weight excluding hydrogens is 308 g/mol. The van der Waals surface area contributed by atoms with Crippen LogP contribution in [0.25, 0.3) is 16.8 Å². The molecule has 0 saturated carbocycles. The second-order valence-electron chi connectivity index (χ2n) is 5.94. The third-order valence-corrected chi connectivity index (χ3v) is 3.98. The zero-order chi connectivity index (χ0) is 18.2. The number of benzene rings is 1. The van der Waals surface area contributed by atoms with E-state index in [2.05, 4.69) is 65.9 Å². The molecule has 0 unspecified atom stereocenters. The summed E-state index contributed by atoms with van der Waals surface area (Å²) in [5.74, 6) is 0. The smallest absolute Gasteiger partial charge is 0.122 e. The number of aromatic nitrogens is 3. The Morgan fingerprint density at radius 1 is 1.08 bits per heavy atom. The molecule has 2 aliphatic rings. The highest BCUT2D eigenvalue weighted by Crippen LogP contribution is 2.36. The van der Waals surface area contributed by atoms with Gasteiger partial charge in [-0.1, -0.05) is 75.7 Å². The van der Waals surface area contributed by atoms with E-state index in [0.29, 0.717) is 0 Å². The Morgan fingerprint density at radius 3 is 2.52 bits per heavy atom. The summed E-state index contributed by atoms with van der Waals surface area (Å²) in [7, 11) is 1.96. The number of nitrogens with one attached hydrogen (secondary N) is 1. The first-order valence-electron chi connectivity index (χ1n) is 9.39. The van der Waals surface area contributed by atoms with E-state index in [1.165, 1.54) is 28.8 Å². The normalized spacial score (nSPS) is 14.3. The molecule has 0 bridgehead atoms. The Hall–Kier alpha value is -2.36. The van der Waals surface area contributed by atoms with Crippen molar-refractivity contribution in [3.05, 3.63) is 53.4 Å². The Bertz CT molecular complexity index is 753. The fourth-order valence-corrected chi connectivity index (χ4v) is 3.00. The molecule has 4 rings (SSSR count). The fraction of sp³-hybridized carbons (Fsp3) is 0.429. The first-order valence-corrected chi connectivity index (χ1v) is 9.39. The van der Waals surface area contributed by atoms with Crippen LogP contribution < -0.4 is 5.32 Å². The molecule has 25 heavy (non-hydrogen) atoms. The minimum atomic E-state index is 0.837. The van der Waals surface area contributed by atoms with Crippen LogP contribution in [0.2, 0.25) is 0 Å². The van der Waals surface area contributed by atoms with E-state index >= 15 is 0 Å². The predicted octanol–water partition coefficient (Wildman–Crippen LogP) is 5.09. The summed E-state index contributed by atoms with van der Waals surface area (Å²) in [6, 6.07) is 8.47. The molecule has 0 fully saturated rings. The molecule has 0 radical (unpaired) electrons. The zero-order valence-corrected chi connectivity index (χ0v) is 16.1. The van der Waals surface area contributed by atoms with Crippen molar-refractivity contribution in [1.29, 1.82) is 0 Å². The molecule has 1 aliphatic carbocycles. The SMILES string of the molecule is CC.CCC.Cn1nnc2c1-c1ccccc1CNC1=CCCC=C12. The Morgan fingerprint density at radius 2 is 1.76 bits per heavy atom. The summed E-state index contributed by atoms with van der Waals surface area (Å²) in [5, 5.41) is 12.2. The van der Waals surface area contributed by atoms with Gasteiger partial charge in [0.25, 0.3) is 0 Å².